The number of aryl methyl sites for hydroxylation is 1. The van der Waals surface area contributed by atoms with Crippen LogP contribution in [0.1, 0.15) is 47.1 Å². The van der Waals surface area contributed by atoms with E-state index < -0.39 is 0 Å². The van der Waals surface area contributed by atoms with Crippen LogP contribution >= 0.6 is 0 Å². The van der Waals surface area contributed by atoms with Gasteiger partial charge in [-0.3, -0.25) is 4.79 Å². The standard InChI is InChI=1S/C31H28O4/c1-19-10-11-20-6-3-4-7-24(20)31(19)27-9-5-8-26-25(27)14-15-28(26)35-22-12-13-23-21(16-30(32)33-2)18-34-29(23)17-22/h3-13,17,21,28H,14-16,18H2,1-2H3. The zero-order valence-electron chi connectivity index (χ0n) is 20.0. The third-order valence-electron chi connectivity index (χ3n) is 7.41. The van der Waals surface area contributed by atoms with Gasteiger partial charge >= 0.3 is 5.97 Å². The summed E-state index contributed by atoms with van der Waals surface area (Å²) in [6.45, 7) is 2.69. The van der Waals surface area contributed by atoms with Gasteiger partial charge in [-0.25, -0.2) is 0 Å². The molecule has 0 amide bonds. The maximum Gasteiger partial charge on any atom is 0.306 e. The second-order valence-electron chi connectivity index (χ2n) is 9.48. The quantitative estimate of drug-likeness (QED) is 0.301. The molecule has 0 spiro atoms. The Morgan fingerprint density at radius 2 is 1.89 bits per heavy atom. The van der Waals surface area contributed by atoms with Gasteiger partial charge in [0, 0.05) is 17.5 Å². The monoisotopic (exact) mass is 464 g/mol. The summed E-state index contributed by atoms with van der Waals surface area (Å²) >= 11 is 0. The number of benzene rings is 4. The van der Waals surface area contributed by atoms with Gasteiger partial charge in [-0.1, -0.05) is 60.7 Å². The van der Waals surface area contributed by atoms with Crippen LogP contribution in [0.4, 0.5) is 0 Å². The third-order valence-corrected chi connectivity index (χ3v) is 7.41. The second-order valence-corrected chi connectivity index (χ2v) is 9.48. The zero-order valence-corrected chi connectivity index (χ0v) is 20.0. The number of esters is 1. The van der Waals surface area contributed by atoms with E-state index in [1.54, 1.807) is 0 Å². The van der Waals surface area contributed by atoms with Gasteiger partial charge in [0.15, 0.2) is 0 Å². The zero-order chi connectivity index (χ0) is 23.9. The van der Waals surface area contributed by atoms with E-state index in [1.807, 2.05) is 18.2 Å². The summed E-state index contributed by atoms with van der Waals surface area (Å²) in [5.74, 6) is 1.42. The topological polar surface area (TPSA) is 44.8 Å². The Morgan fingerprint density at radius 1 is 1.00 bits per heavy atom. The van der Waals surface area contributed by atoms with Gasteiger partial charge in [-0.05, 0) is 64.4 Å². The van der Waals surface area contributed by atoms with Crippen LogP contribution in [-0.4, -0.2) is 19.7 Å². The highest BCUT2D eigenvalue weighted by Crippen LogP contribution is 2.44. The largest absolute Gasteiger partial charge is 0.492 e. The number of methoxy groups -OCH3 is 1. The Balaban J connectivity index is 1.30. The minimum absolute atomic E-state index is 0.00514. The molecule has 2 atom stereocenters. The van der Waals surface area contributed by atoms with E-state index in [-0.39, 0.29) is 18.0 Å². The highest BCUT2D eigenvalue weighted by Gasteiger charge is 2.30. The van der Waals surface area contributed by atoms with Crippen LogP contribution < -0.4 is 9.47 Å². The number of carbonyl (C=O) groups excluding carboxylic acids is 1. The maximum atomic E-state index is 11.7. The first-order valence-electron chi connectivity index (χ1n) is 12.2. The average Bonchev–Trinajstić information content (AvgIpc) is 3.48. The first-order chi connectivity index (χ1) is 17.1. The van der Waals surface area contributed by atoms with Gasteiger partial charge in [-0.2, -0.15) is 0 Å². The fourth-order valence-electron chi connectivity index (χ4n) is 5.66. The summed E-state index contributed by atoms with van der Waals surface area (Å²) in [5, 5.41) is 2.56. The predicted molar refractivity (Wildman–Crippen MR) is 137 cm³/mol. The van der Waals surface area contributed by atoms with Crippen LogP contribution in [0.2, 0.25) is 0 Å². The van der Waals surface area contributed by atoms with Crippen molar-refractivity contribution in [3.05, 3.63) is 95.1 Å². The number of carbonyl (C=O) groups is 1. The second kappa shape index (κ2) is 8.77. The van der Waals surface area contributed by atoms with Crippen molar-refractivity contribution in [1.82, 2.24) is 0 Å². The fourth-order valence-corrected chi connectivity index (χ4v) is 5.66. The number of hydrogen-bond acceptors (Lipinski definition) is 4. The lowest BCUT2D eigenvalue weighted by molar-refractivity contribution is -0.141. The molecule has 176 valence electrons. The van der Waals surface area contributed by atoms with Crippen molar-refractivity contribution in [2.45, 2.75) is 38.2 Å². The molecule has 0 bridgehead atoms. The van der Waals surface area contributed by atoms with Gasteiger partial charge in [0.2, 0.25) is 0 Å². The van der Waals surface area contributed by atoms with E-state index in [0.29, 0.717) is 13.0 Å². The summed E-state index contributed by atoms with van der Waals surface area (Å²) in [6, 6.07) is 25.6. The fraction of sp³-hybridized carbons (Fsp3) is 0.258. The molecule has 4 heteroatoms. The minimum Gasteiger partial charge on any atom is -0.492 e. The Hall–Kier alpha value is -3.79. The Morgan fingerprint density at radius 3 is 2.77 bits per heavy atom. The molecule has 2 unspecified atom stereocenters. The normalized spacial score (nSPS) is 18.1. The Bertz CT molecular complexity index is 1440. The molecule has 0 saturated heterocycles. The lowest BCUT2D eigenvalue weighted by Crippen LogP contribution is -2.09. The molecule has 0 aromatic heterocycles. The van der Waals surface area contributed by atoms with Crippen molar-refractivity contribution in [3.8, 4) is 22.6 Å². The highest BCUT2D eigenvalue weighted by molar-refractivity contribution is 5.99. The van der Waals surface area contributed by atoms with Crippen LogP contribution in [0, 0.1) is 6.92 Å². The van der Waals surface area contributed by atoms with Gasteiger partial charge in [0.1, 0.15) is 17.6 Å². The summed E-state index contributed by atoms with van der Waals surface area (Å²) in [4.78, 5) is 11.7. The molecule has 2 aliphatic rings. The van der Waals surface area contributed by atoms with Crippen molar-refractivity contribution >= 4 is 16.7 Å². The van der Waals surface area contributed by atoms with E-state index in [4.69, 9.17) is 14.2 Å². The maximum absolute atomic E-state index is 11.7. The van der Waals surface area contributed by atoms with E-state index >= 15 is 0 Å². The summed E-state index contributed by atoms with van der Waals surface area (Å²) in [5.41, 5.74) is 7.61. The Labute approximate surface area is 205 Å². The van der Waals surface area contributed by atoms with E-state index in [9.17, 15) is 4.79 Å². The lowest BCUT2D eigenvalue weighted by Gasteiger charge is -2.18. The molecule has 4 nitrogen and oxygen atoms in total. The summed E-state index contributed by atoms with van der Waals surface area (Å²) in [6.07, 6.45) is 2.27. The third kappa shape index (κ3) is 3.83. The van der Waals surface area contributed by atoms with Crippen molar-refractivity contribution in [1.29, 1.82) is 0 Å². The lowest BCUT2D eigenvalue weighted by atomic mass is 9.90. The van der Waals surface area contributed by atoms with Crippen molar-refractivity contribution in [2.24, 2.45) is 0 Å². The van der Waals surface area contributed by atoms with Crippen LogP contribution in [0.5, 0.6) is 11.5 Å². The van der Waals surface area contributed by atoms with E-state index in [1.165, 1.54) is 45.7 Å². The number of hydrogen-bond donors (Lipinski definition) is 0. The van der Waals surface area contributed by atoms with Gasteiger partial charge < -0.3 is 14.2 Å². The molecule has 0 radical (unpaired) electrons. The van der Waals surface area contributed by atoms with E-state index in [2.05, 4.69) is 61.5 Å². The average molecular weight is 465 g/mol. The smallest absolute Gasteiger partial charge is 0.306 e. The highest BCUT2D eigenvalue weighted by atomic mass is 16.5. The number of fused-ring (bicyclic) bond motifs is 3. The number of rotatable bonds is 5. The molecule has 4 aromatic carbocycles. The van der Waals surface area contributed by atoms with Crippen LogP contribution in [0.15, 0.2) is 72.8 Å². The molecule has 0 fully saturated rings. The molecule has 0 saturated carbocycles. The van der Waals surface area contributed by atoms with Gasteiger partial charge in [-0.15, -0.1) is 0 Å². The molecular weight excluding hydrogens is 436 g/mol. The van der Waals surface area contributed by atoms with Gasteiger partial charge in [0.05, 0.1) is 20.1 Å². The van der Waals surface area contributed by atoms with Crippen LogP contribution in [0.3, 0.4) is 0 Å². The molecule has 1 aliphatic heterocycles. The van der Waals surface area contributed by atoms with Crippen LogP contribution in [-0.2, 0) is 16.0 Å². The van der Waals surface area contributed by atoms with Crippen molar-refractivity contribution < 1.29 is 19.0 Å². The van der Waals surface area contributed by atoms with Crippen molar-refractivity contribution in [3.63, 3.8) is 0 Å². The SMILES string of the molecule is COC(=O)CC1COc2cc(OC3CCc4c(-c5c(C)ccc6ccccc56)cccc43)ccc21. The first-order valence-corrected chi connectivity index (χ1v) is 12.2. The van der Waals surface area contributed by atoms with Gasteiger partial charge in [0.25, 0.3) is 0 Å². The van der Waals surface area contributed by atoms with Crippen LogP contribution in [0.25, 0.3) is 21.9 Å². The van der Waals surface area contributed by atoms with E-state index in [0.717, 1.165) is 29.9 Å². The Kier molecular flexibility index (Phi) is 5.44. The first kappa shape index (κ1) is 21.7. The molecule has 4 aromatic rings. The molecule has 1 heterocycles. The predicted octanol–water partition coefficient (Wildman–Crippen LogP) is 6.92. The molecule has 0 N–H and O–H groups in total. The molecule has 1 aliphatic carbocycles. The summed E-state index contributed by atoms with van der Waals surface area (Å²) in [7, 11) is 1.42. The summed E-state index contributed by atoms with van der Waals surface area (Å²) < 4.78 is 17.2. The minimum atomic E-state index is -0.216. The molecule has 35 heavy (non-hydrogen) atoms. The molecule has 6 rings (SSSR count). The number of ether oxygens (including phenoxy) is 3. The molecular formula is C31H28O4. The van der Waals surface area contributed by atoms with Crippen molar-refractivity contribution in [2.75, 3.05) is 13.7 Å².